The normalized spacial score (nSPS) is 15.7. The summed E-state index contributed by atoms with van der Waals surface area (Å²) in [7, 11) is 0. The first kappa shape index (κ1) is 17.5. The number of rotatable bonds is 7. The van der Waals surface area contributed by atoms with E-state index in [1.165, 1.54) is 5.56 Å². The molecule has 2 aromatic carbocycles. The van der Waals surface area contributed by atoms with E-state index in [-0.39, 0.29) is 5.91 Å². The molecular weight excluding hydrogens is 312 g/mol. The van der Waals surface area contributed by atoms with Crippen molar-refractivity contribution < 1.29 is 9.53 Å². The summed E-state index contributed by atoms with van der Waals surface area (Å²) in [6.07, 6.45) is 4.49. The fraction of sp³-hybridized carbons (Fsp3) is 0.381. The van der Waals surface area contributed by atoms with Gasteiger partial charge in [0, 0.05) is 6.54 Å². The number of hydrogen-bond donors (Lipinski definition) is 2. The van der Waals surface area contributed by atoms with Crippen LogP contribution in [-0.2, 0) is 17.8 Å². The highest BCUT2D eigenvalue weighted by molar-refractivity contribution is 5.86. The van der Waals surface area contributed by atoms with Crippen molar-refractivity contribution >= 4 is 5.91 Å². The van der Waals surface area contributed by atoms with E-state index in [0.717, 1.165) is 43.4 Å². The Morgan fingerprint density at radius 2 is 1.68 bits per heavy atom. The molecule has 1 saturated carbocycles. The molecule has 25 heavy (non-hydrogen) atoms. The average molecular weight is 338 g/mol. The molecule has 3 N–H and O–H groups in total. The predicted octanol–water partition coefficient (Wildman–Crippen LogP) is 3.20. The molecule has 4 nitrogen and oxygen atoms in total. The van der Waals surface area contributed by atoms with E-state index in [0.29, 0.717) is 13.2 Å². The zero-order valence-corrected chi connectivity index (χ0v) is 14.5. The first-order valence-electron chi connectivity index (χ1n) is 8.99. The van der Waals surface area contributed by atoms with Crippen LogP contribution in [0.2, 0.25) is 0 Å². The highest BCUT2D eigenvalue weighted by Crippen LogP contribution is 2.27. The Bertz CT molecular complexity index is 677. The summed E-state index contributed by atoms with van der Waals surface area (Å²) in [6, 6.07) is 18.1. The van der Waals surface area contributed by atoms with Crippen molar-refractivity contribution in [1.29, 1.82) is 0 Å². The van der Waals surface area contributed by atoms with Gasteiger partial charge in [0.2, 0.25) is 5.91 Å². The fourth-order valence-corrected chi connectivity index (χ4v) is 3.22. The van der Waals surface area contributed by atoms with Gasteiger partial charge in [-0.05, 0) is 42.5 Å². The molecule has 0 saturated heterocycles. The molecule has 1 fully saturated rings. The van der Waals surface area contributed by atoms with Gasteiger partial charge in [-0.15, -0.1) is 0 Å². The maximum atomic E-state index is 12.2. The minimum atomic E-state index is -0.644. The minimum absolute atomic E-state index is 0.00665. The van der Waals surface area contributed by atoms with Gasteiger partial charge < -0.3 is 15.8 Å². The van der Waals surface area contributed by atoms with Crippen molar-refractivity contribution in [1.82, 2.24) is 5.32 Å². The summed E-state index contributed by atoms with van der Waals surface area (Å²) >= 11 is 0. The molecule has 2 aromatic rings. The molecule has 0 radical (unpaired) electrons. The summed E-state index contributed by atoms with van der Waals surface area (Å²) in [6.45, 7) is 1.18. The lowest BCUT2D eigenvalue weighted by molar-refractivity contribution is -0.126. The molecule has 0 aliphatic heterocycles. The van der Waals surface area contributed by atoms with E-state index in [9.17, 15) is 4.79 Å². The Labute approximate surface area is 149 Å². The van der Waals surface area contributed by atoms with Crippen LogP contribution in [0.25, 0.3) is 0 Å². The molecular formula is C21H26N2O2. The molecule has 3 rings (SSSR count). The molecule has 0 heterocycles. The molecule has 4 heteroatoms. The number of nitrogens with two attached hydrogens (primary N) is 1. The van der Waals surface area contributed by atoms with Crippen LogP contribution in [0.5, 0.6) is 5.75 Å². The van der Waals surface area contributed by atoms with Crippen LogP contribution in [0.1, 0.15) is 36.8 Å². The van der Waals surface area contributed by atoms with Crippen molar-refractivity contribution in [2.75, 3.05) is 6.54 Å². The van der Waals surface area contributed by atoms with Crippen molar-refractivity contribution in [3.8, 4) is 5.75 Å². The molecule has 0 atom stereocenters. The summed E-state index contributed by atoms with van der Waals surface area (Å²) in [5.41, 5.74) is 7.83. The number of amides is 1. The van der Waals surface area contributed by atoms with Gasteiger partial charge >= 0.3 is 0 Å². The van der Waals surface area contributed by atoms with E-state index >= 15 is 0 Å². The summed E-state index contributed by atoms with van der Waals surface area (Å²) in [4.78, 5) is 12.2. The van der Waals surface area contributed by atoms with Gasteiger partial charge in [-0.25, -0.2) is 0 Å². The molecule has 0 bridgehead atoms. The molecule has 0 spiro atoms. The Balaban J connectivity index is 1.42. The molecule has 1 aliphatic rings. The van der Waals surface area contributed by atoms with Crippen molar-refractivity contribution in [2.45, 2.75) is 44.2 Å². The summed E-state index contributed by atoms with van der Waals surface area (Å²) < 4.78 is 5.78. The number of nitrogens with one attached hydrogen (secondary N) is 1. The number of hydrogen-bond acceptors (Lipinski definition) is 3. The van der Waals surface area contributed by atoms with Gasteiger partial charge in [-0.2, -0.15) is 0 Å². The second-order valence-electron chi connectivity index (χ2n) is 6.79. The zero-order valence-electron chi connectivity index (χ0n) is 14.5. The monoisotopic (exact) mass is 338 g/mol. The van der Waals surface area contributed by atoms with Crippen LogP contribution in [0.3, 0.4) is 0 Å². The van der Waals surface area contributed by atoms with Gasteiger partial charge in [-0.1, -0.05) is 55.3 Å². The van der Waals surface area contributed by atoms with Crippen molar-refractivity contribution in [3.63, 3.8) is 0 Å². The van der Waals surface area contributed by atoms with Crippen molar-refractivity contribution in [2.24, 2.45) is 5.73 Å². The van der Waals surface area contributed by atoms with E-state index in [1.807, 2.05) is 54.6 Å². The number of benzene rings is 2. The fourth-order valence-electron chi connectivity index (χ4n) is 3.22. The Morgan fingerprint density at radius 3 is 2.36 bits per heavy atom. The summed E-state index contributed by atoms with van der Waals surface area (Å²) in [5, 5.41) is 2.98. The first-order valence-corrected chi connectivity index (χ1v) is 8.99. The maximum Gasteiger partial charge on any atom is 0.240 e. The first-order chi connectivity index (χ1) is 12.2. The minimum Gasteiger partial charge on any atom is -0.489 e. The Morgan fingerprint density at radius 1 is 1.00 bits per heavy atom. The molecule has 1 aliphatic carbocycles. The third-order valence-corrected chi connectivity index (χ3v) is 4.82. The van der Waals surface area contributed by atoms with Gasteiger partial charge in [0.1, 0.15) is 12.4 Å². The van der Waals surface area contributed by atoms with Gasteiger partial charge in [0.15, 0.2) is 0 Å². The van der Waals surface area contributed by atoms with Crippen LogP contribution < -0.4 is 15.8 Å². The van der Waals surface area contributed by atoms with E-state index in [4.69, 9.17) is 10.5 Å². The van der Waals surface area contributed by atoms with Crippen LogP contribution >= 0.6 is 0 Å². The lowest BCUT2D eigenvalue weighted by atomic mass is 9.98. The zero-order chi connectivity index (χ0) is 17.5. The molecule has 0 aromatic heterocycles. The van der Waals surface area contributed by atoms with Crippen LogP contribution in [-0.4, -0.2) is 18.0 Å². The van der Waals surface area contributed by atoms with E-state index in [1.54, 1.807) is 0 Å². The lowest BCUT2D eigenvalue weighted by Crippen LogP contribution is -2.52. The van der Waals surface area contributed by atoms with Crippen LogP contribution in [0.15, 0.2) is 54.6 Å². The van der Waals surface area contributed by atoms with Gasteiger partial charge in [0.25, 0.3) is 0 Å². The quantitative estimate of drug-likeness (QED) is 0.815. The number of ether oxygens (including phenoxy) is 1. The summed E-state index contributed by atoms with van der Waals surface area (Å²) in [5.74, 6) is 0.844. The smallest absolute Gasteiger partial charge is 0.240 e. The lowest BCUT2D eigenvalue weighted by Gasteiger charge is -2.22. The third-order valence-electron chi connectivity index (χ3n) is 4.82. The second-order valence-corrected chi connectivity index (χ2v) is 6.79. The third kappa shape index (κ3) is 4.83. The Kier molecular flexibility index (Phi) is 5.71. The largest absolute Gasteiger partial charge is 0.489 e. The number of carbonyl (C=O) groups is 1. The topological polar surface area (TPSA) is 64.4 Å². The molecule has 0 unspecified atom stereocenters. The Hall–Kier alpha value is -2.33. The molecule has 132 valence electrons. The van der Waals surface area contributed by atoms with Crippen LogP contribution in [0.4, 0.5) is 0 Å². The number of carbonyl (C=O) groups excluding carboxylic acids is 1. The van der Waals surface area contributed by atoms with E-state index in [2.05, 4.69) is 5.32 Å². The van der Waals surface area contributed by atoms with E-state index < -0.39 is 5.54 Å². The average Bonchev–Trinajstić information content (AvgIpc) is 3.10. The highest BCUT2D eigenvalue weighted by Gasteiger charge is 2.36. The predicted molar refractivity (Wildman–Crippen MR) is 99.3 cm³/mol. The van der Waals surface area contributed by atoms with Crippen LogP contribution in [0, 0.1) is 0 Å². The van der Waals surface area contributed by atoms with Gasteiger partial charge in [0.05, 0.1) is 5.54 Å². The van der Waals surface area contributed by atoms with Crippen molar-refractivity contribution in [3.05, 3.63) is 65.7 Å². The van der Waals surface area contributed by atoms with Gasteiger partial charge in [-0.3, -0.25) is 4.79 Å². The SMILES string of the molecule is NC1(C(=O)NCCc2ccc(OCc3ccccc3)cc2)CCCC1. The maximum absolute atomic E-state index is 12.2. The standard InChI is InChI=1S/C21H26N2O2/c22-21(13-4-5-14-21)20(24)23-15-12-17-8-10-19(11-9-17)25-16-18-6-2-1-3-7-18/h1-3,6-11H,4-5,12-16,22H2,(H,23,24). The highest BCUT2D eigenvalue weighted by atomic mass is 16.5. The molecule has 1 amide bonds. The second kappa shape index (κ2) is 8.17.